The van der Waals surface area contributed by atoms with Gasteiger partial charge in [0.25, 0.3) is 0 Å². The number of hydrogen-bond acceptors (Lipinski definition) is 5. The fourth-order valence-electron chi connectivity index (χ4n) is 1.04. The molecule has 0 aliphatic heterocycles. The number of nitrogens with zero attached hydrogens (tertiary/aromatic N) is 4. The summed E-state index contributed by atoms with van der Waals surface area (Å²) in [7, 11) is 0. The van der Waals surface area contributed by atoms with Crippen LogP contribution in [0.25, 0.3) is 11.2 Å². The van der Waals surface area contributed by atoms with Gasteiger partial charge in [-0.05, 0) is 6.92 Å². The molecule has 0 radical (unpaired) electrons. The summed E-state index contributed by atoms with van der Waals surface area (Å²) in [6, 6.07) is 0. The molecule has 0 fully saturated rings. The van der Waals surface area contributed by atoms with Gasteiger partial charge in [0.15, 0.2) is 0 Å². The van der Waals surface area contributed by atoms with Crippen LogP contribution < -0.4 is 10.6 Å². The summed E-state index contributed by atoms with van der Waals surface area (Å²) in [5, 5.41) is 0. The molecule has 0 amide bonds. The molecule has 2 N–H and O–H groups in total. The predicted octanol–water partition coefficient (Wildman–Crippen LogP) is -0.143. The Morgan fingerprint density at radius 3 is 3.15 bits per heavy atom. The van der Waals surface area contributed by atoms with Crippen LogP contribution in [-0.2, 0) is 0 Å². The Kier molecular flexibility index (Phi) is 1.73. The van der Waals surface area contributed by atoms with Gasteiger partial charge in [0.1, 0.15) is 18.5 Å². The zero-order chi connectivity index (χ0) is 9.26. The second-order valence-electron chi connectivity index (χ2n) is 2.43. The maximum absolute atomic E-state index is 5.43. The van der Waals surface area contributed by atoms with Crippen molar-refractivity contribution >= 4 is 17.1 Å². The summed E-state index contributed by atoms with van der Waals surface area (Å²) in [4.78, 5) is 17.1. The second-order valence-corrected chi connectivity index (χ2v) is 2.43. The molecule has 0 saturated heterocycles. The highest BCUT2D eigenvalue weighted by Crippen LogP contribution is 2.07. The molecule has 0 aliphatic carbocycles. The summed E-state index contributed by atoms with van der Waals surface area (Å²) in [6.45, 7) is 2.44. The molecule has 13 heavy (non-hydrogen) atoms. The van der Waals surface area contributed by atoms with E-state index in [0.29, 0.717) is 17.8 Å². The van der Waals surface area contributed by atoms with Crippen molar-refractivity contribution in [2.75, 3.05) is 12.3 Å². The van der Waals surface area contributed by atoms with Gasteiger partial charge in [-0.25, -0.2) is 9.97 Å². The molecular formula is C7H9N5O. The van der Waals surface area contributed by atoms with Crippen molar-refractivity contribution in [3.05, 3.63) is 12.5 Å². The van der Waals surface area contributed by atoms with Crippen molar-refractivity contribution in [1.82, 2.24) is 19.7 Å². The topological polar surface area (TPSA) is 78.8 Å². The largest absolute Gasteiger partial charge is 0.411 e. The molecule has 0 atom stereocenters. The van der Waals surface area contributed by atoms with Crippen LogP contribution in [-0.4, -0.2) is 26.3 Å². The number of fused-ring (bicyclic) bond motifs is 1. The number of aromatic nitrogens is 4. The average molecular weight is 179 g/mol. The van der Waals surface area contributed by atoms with Gasteiger partial charge in [0.2, 0.25) is 11.6 Å². The van der Waals surface area contributed by atoms with Gasteiger partial charge in [0.05, 0.1) is 6.20 Å². The number of imidazole rings is 1. The first kappa shape index (κ1) is 7.78. The molecule has 0 saturated carbocycles. The van der Waals surface area contributed by atoms with E-state index in [4.69, 9.17) is 10.6 Å². The predicted molar refractivity (Wildman–Crippen MR) is 46.9 cm³/mol. The molecule has 0 aliphatic rings. The van der Waals surface area contributed by atoms with Gasteiger partial charge in [0, 0.05) is 0 Å². The number of nitrogens with two attached hydrogens (primary N) is 1. The van der Waals surface area contributed by atoms with Crippen molar-refractivity contribution < 1.29 is 4.84 Å². The summed E-state index contributed by atoms with van der Waals surface area (Å²) in [6.07, 6.45) is 3.11. The first-order chi connectivity index (χ1) is 6.31. The number of nitrogen functional groups attached to an aromatic ring is 1. The Hall–Kier alpha value is -1.85. The molecule has 0 spiro atoms. The smallest absolute Gasteiger partial charge is 0.222 e. The lowest BCUT2D eigenvalue weighted by Gasteiger charge is -2.02. The fraction of sp³-hybridized carbons (Fsp3) is 0.286. The highest BCUT2D eigenvalue weighted by Gasteiger charge is 2.04. The van der Waals surface area contributed by atoms with E-state index in [1.807, 2.05) is 6.92 Å². The van der Waals surface area contributed by atoms with Crippen molar-refractivity contribution in [2.24, 2.45) is 0 Å². The molecule has 0 aromatic carbocycles. The van der Waals surface area contributed by atoms with Crippen LogP contribution in [0.1, 0.15) is 6.92 Å². The van der Waals surface area contributed by atoms with E-state index >= 15 is 0 Å². The lowest BCUT2D eigenvalue weighted by atomic mass is 10.6. The Balaban J connectivity index is 2.58. The highest BCUT2D eigenvalue weighted by atomic mass is 16.7. The van der Waals surface area contributed by atoms with E-state index in [2.05, 4.69) is 15.0 Å². The molecular weight excluding hydrogens is 170 g/mol. The first-order valence-electron chi connectivity index (χ1n) is 3.90. The monoisotopic (exact) mass is 179 g/mol. The number of anilines is 1. The van der Waals surface area contributed by atoms with Crippen LogP contribution in [0.4, 0.5) is 5.95 Å². The minimum Gasteiger partial charge on any atom is -0.411 e. The standard InChI is InChI=1S/C7H9N5O/c1-2-13-12-4-10-5-3-9-7(8)11-6(5)12/h3-4H,2H2,1H3,(H2,8,9,11). The molecule has 2 aromatic rings. The Bertz CT molecular complexity index is 424. The molecule has 2 aromatic heterocycles. The van der Waals surface area contributed by atoms with Crippen LogP contribution in [0, 0.1) is 0 Å². The third-order valence-electron chi connectivity index (χ3n) is 1.55. The van der Waals surface area contributed by atoms with Gasteiger partial charge >= 0.3 is 0 Å². The minimum atomic E-state index is 0.217. The quantitative estimate of drug-likeness (QED) is 0.694. The molecule has 2 rings (SSSR count). The van der Waals surface area contributed by atoms with Crippen molar-refractivity contribution in [3.63, 3.8) is 0 Å². The zero-order valence-corrected chi connectivity index (χ0v) is 7.14. The van der Waals surface area contributed by atoms with E-state index in [1.165, 1.54) is 4.73 Å². The molecule has 6 heteroatoms. The maximum atomic E-state index is 5.43. The Morgan fingerprint density at radius 2 is 2.38 bits per heavy atom. The SMILES string of the molecule is CCOn1cnc2cnc(N)nc21. The normalized spacial score (nSPS) is 10.5. The van der Waals surface area contributed by atoms with Crippen LogP contribution >= 0.6 is 0 Å². The summed E-state index contributed by atoms with van der Waals surface area (Å²) in [5.41, 5.74) is 6.69. The molecule has 0 bridgehead atoms. The van der Waals surface area contributed by atoms with Gasteiger partial charge in [-0.1, -0.05) is 0 Å². The Morgan fingerprint density at radius 1 is 1.54 bits per heavy atom. The molecule has 68 valence electrons. The van der Waals surface area contributed by atoms with E-state index in [9.17, 15) is 0 Å². The van der Waals surface area contributed by atoms with Crippen molar-refractivity contribution in [3.8, 4) is 0 Å². The third-order valence-corrected chi connectivity index (χ3v) is 1.55. The highest BCUT2D eigenvalue weighted by molar-refractivity contribution is 5.70. The summed E-state index contributed by atoms with van der Waals surface area (Å²) >= 11 is 0. The first-order valence-corrected chi connectivity index (χ1v) is 3.90. The molecule has 6 nitrogen and oxygen atoms in total. The number of rotatable bonds is 2. The van der Waals surface area contributed by atoms with Gasteiger partial charge in [-0.3, -0.25) is 0 Å². The van der Waals surface area contributed by atoms with E-state index in [-0.39, 0.29) is 5.95 Å². The van der Waals surface area contributed by atoms with Gasteiger partial charge in [-0.2, -0.15) is 9.71 Å². The minimum absolute atomic E-state index is 0.217. The van der Waals surface area contributed by atoms with Crippen LogP contribution in [0.2, 0.25) is 0 Å². The van der Waals surface area contributed by atoms with E-state index in [0.717, 1.165) is 0 Å². The van der Waals surface area contributed by atoms with Crippen LogP contribution in [0.5, 0.6) is 0 Å². The molecule has 0 unspecified atom stereocenters. The summed E-state index contributed by atoms with van der Waals surface area (Å²) < 4.78 is 1.48. The zero-order valence-electron chi connectivity index (χ0n) is 7.14. The average Bonchev–Trinajstić information content (AvgIpc) is 2.49. The van der Waals surface area contributed by atoms with Crippen LogP contribution in [0.15, 0.2) is 12.5 Å². The third kappa shape index (κ3) is 1.26. The second kappa shape index (κ2) is 2.89. The molecule has 2 heterocycles. The number of hydrogen-bond donors (Lipinski definition) is 1. The van der Waals surface area contributed by atoms with Crippen LogP contribution in [0.3, 0.4) is 0 Å². The lowest BCUT2D eigenvalue weighted by molar-refractivity contribution is 0.129. The van der Waals surface area contributed by atoms with Gasteiger partial charge < -0.3 is 10.6 Å². The van der Waals surface area contributed by atoms with E-state index in [1.54, 1.807) is 12.5 Å². The fourth-order valence-corrected chi connectivity index (χ4v) is 1.04. The van der Waals surface area contributed by atoms with E-state index < -0.39 is 0 Å². The lowest BCUT2D eigenvalue weighted by Crippen LogP contribution is -2.10. The Labute approximate surface area is 74.3 Å². The van der Waals surface area contributed by atoms with Crippen molar-refractivity contribution in [1.29, 1.82) is 0 Å². The van der Waals surface area contributed by atoms with Gasteiger partial charge in [-0.15, -0.1) is 0 Å². The van der Waals surface area contributed by atoms with Crippen molar-refractivity contribution in [2.45, 2.75) is 6.92 Å². The summed E-state index contributed by atoms with van der Waals surface area (Å²) in [5.74, 6) is 0.217. The maximum Gasteiger partial charge on any atom is 0.222 e.